The van der Waals surface area contributed by atoms with E-state index in [4.69, 9.17) is 5.73 Å². The first-order valence-electron chi connectivity index (χ1n) is 6.55. The fraction of sp³-hybridized carbons (Fsp3) is 0.500. The summed E-state index contributed by atoms with van der Waals surface area (Å²) in [6.07, 6.45) is -4.71. The Balaban J connectivity index is 2.55. The molecule has 0 fully saturated rings. The second-order valence-electron chi connectivity index (χ2n) is 5.00. The van der Waals surface area contributed by atoms with Gasteiger partial charge in [-0.3, -0.25) is 4.79 Å². The van der Waals surface area contributed by atoms with Gasteiger partial charge in [-0.2, -0.15) is 0 Å². The molecule has 1 rings (SSSR count). The molecule has 0 radical (unpaired) electrons. The van der Waals surface area contributed by atoms with E-state index in [1.54, 1.807) is 0 Å². The molecule has 0 aliphatic carbocycles. The fourth-order valence-corrected chi connectivity index (χ4v) is 1.81. The zero-order valence-electron chi connectivity index (χ0n) is 11.9. The van der Waals surface area contributed by atoms with Gasteiger partial charge in [0.15, 0.2) is 0 Å². The summed E-state index contributed by atoms with van der Waals surface area (Å²) in [5, 5.41) is 2.72. The number of amides is 1. The lowest BCUT2D eigenvalue weighted by molar-refractivity contribution is -0.274. The third-order valence-corrected chi connectivity index (χ3v) is 3.02. The lowest BCUT2D eigenvalue weighted by Gasteiger charge is -2.18. The van der Waals surface area contributed by atoms with E-state index < -0.39 is 6.36 Å². The van der Waals surface area contributed by atoms with Gasteiger partial charge in [0.25, 0.3) is 0 Å². The van der Waals surface area contributed by atoms with Crippen molar-refractivity contribution < 1.29 is 22.7 Å². The van der Waals surface area contributed by atoms with Crippen molar-refractivity contribution in [3.05, 3.63) is 29.8 Å². The van der Waals surface area contributed by atoms with E-state index in [0.717, 1.165) is 0 Å². The average Bonchev–Trinajstić information content (AvgIpc) is 2.36. The highest BCUT2D eigenvalue weighted by molar-refractivity contribution is 5.79. The lowest BCUT2D eigenvalue weighted by atomic mass is 9.95. The zero-order valence-corrected chi connectivity index (χ0v) is 11.9. The molecule has 0 aromatic heterocycles. The monoisotopic (exact) mass is 304 g/mol. The maximum Gasteiger partial charge on any atom is 0.573 e. The van der Waals surface area contributed by atoms with E-state index in [-0.39, 0.29) is 36.6 Å². The zero-order chi connectivity index (χ0) is 16.0. The molecular formula is C14H19F3N2O2. The van der Waals surface area contributed by atoms with Gasteiger partial charge in [-0.15, -0.1) is 13.2 Å². The van der Waals surface area contributed by atoms with Crippen LogP contribution in [0, 0.1) is 11.8 Å². The molecule has 1 atom stereocenters. The normalized spacial score (nSPS) is 13.1. The molecule has 4 nitrogen and oxygen atoms in total. The number of hydrogen-bond donors (Lipinski definition) is 2. The number of halogens is 3. The van der Waals surface area contributed by atoms with Crippen LogP contribution in [0.3, 0.4) is 0 Å². The van der Waals surface area contributed by atoms with Crippen LogP contribution >= 0.6 is 0 Å². The molecule has 0 aliphatic rings. The number of rotatable bonds is 6. The Morgan fingerprint density at radius 3 is 2.29 bits per heavy atom. The van der Waals surface area contributed by atoms with Crippen LogP contribution in [0.15, 0.2) is 24.3 Å². The highest BCUT2D eigenvalue weighted by Gasteiger charge is 2.30. The number of nitrogens with two attached hydrogens (primary N) is 1. The minimum absolute atomic E-state index is 0.123. The number of carbonyl (C=O) groups excluding carboxylic acids is 1. The predicted molar refractivity (Wildman–Crippen MR) is 72.4 cm³/mol. The maximum absolute atomic E-state index is 12.0. The fourth-order valence-electron chi connectivity index (χ4n) is 1.81. The van der Waals surface area contributed by atoms with Gasteiger partial charge in [0.05, 0.1) is 5.92 Å². The van der Waals surface area contributed by atoms with Crippen molar-refractivity contribution >= 4 is 5.91 Å². The molecule has 3 N–H and O–H groups in total. The minimum Gasteiger partial charge on any atom is -0.406 e. The summed E-state index contributed by atoms with van der Waals surface area (Å²) in [7, 11) is 0. The number of carbonyl (C=O) groups is 1. The summed E-state index contributed by atoms with van der Waals surface area (Å²) in [6, 6.07) is 5.35. The molecule has 1 aromatic carbocycles. The number of hydrogen-bond acceptors (Lipinski definition) is 3. The summed E-state index contributed by atoms with van der Waals surface area (Å²) in [5.74, 6) is -0.613. The molecular weight excluding hydrogens is 285 g/mol. The van der Waals surface area contributed by atoms with Gasteiger partial charge in [-0.25, -0.2) is 0 Å². The van der Waals surface area contributed by atoms with Crippen molar-refractivity contribution in [1.82, 2.24) is 5.32 Å². The van der Waals surface area contributed by atoms with Crippen LogP contribution in [0.25, 0.3) is 0 Å². The second-order valence-corrected chi connectivity index (χ2v) is 5.00. The second kappa shape index (κ2) is 7.31. The Labute approximate surface area is 121 Å². The van der Waals surface area contributed by atoms with Crippen LogP contribution in [0.4, 0.5) is 13.2 Å². The van der Waals surface area contributed by atoms with E-state index in [1.165, 1.54) is 24.3 Å². The van der Waals surface area contributed by atoms with Crippen LogP contribution < -0.4 is 15.8 Å². The van der Waals surface area contributed by atoms with Crippen LogP contribution in [0.1, 0.15) is 19.4 Å². The third kappa shape index (κ3) is 6.03. The van der Waals surface area contributed by atoms with E-state index in [2.05, 4.69) is 10.1 Å². The topological polar surface area (TPSA) is 64.4 Å². The van der Waals surface area contributed by atoms with Gasteiger partial charge in [0.1, 0.15) is 5.75 Å². The summed E-state index contributed by atoms with van der Waals surface area (Å²) in [5.41, 5.74) is 6.22. The highest BCUT2D eigenvalue weighted by Crippen LogP contribution is 2.22. The molecule has 0 aliphatic heterocycles. The van der Waals surface area contributed by atoms with Crippen molar-refractivity contribution in [2.75, 3.05) is 6.54 Å². The van der Waals surface area contributed by atoms with Crippen molar-refractivity contribution in [1.29, 1.82) is 0 Å². The molecule has 118 valence electrons. The smallest absolute Gasteiger partial charge is 0.406 e. The third-order valence-electron chi connectivity index (χ3n) is 3.02. The molecule has 21 heavy (non-hydrogen) atoms. The Bertz CT molecular complexity index is 458. The quantitative estimate of drug-likeness (QED) is 0.848. The van der Waals surface area contributed by atoms with E-state index in [9.17, 15) is 18.0 Å². The first-order valence-corrected chi connectivity index (χ1v) is 6.55. The predicted octanol–water partition coefficient (Wildman–Crippen LogP) is 2.43. The molecule has 7 heteroatoms. The summed E-state index contributed by atoms with van der Waals surface area (Å²) < 4.78 is 39.8. The SMILES string of the molecule is CC(C)C(CN)C(=O)NCc1ccc(OC(F)(F)F)cc1. The standard InChI is InChI=1S/C14H19F3N2O2/c1-9(2)12(7-18)13(20)19-8-10-3-5-11(6-4-10)21-14(15,16)17/h3-6,9,12H,7-8,18H2,1-2H3,(H,19,20). The lowest BCUT2D eigenvalue weighted by Crippen LogP contribution is -2.37. The van der Waals surface area contributed by atoms with Crippen LogP contribution in [-0.4, -0.2) is 18.8 Å². The van der Waals surface area contributed by atoms with Gasteiger partial charge in [0.2, 0.25) is 5.91 Å². The first-order chi connectivity index (χ1) is 9.73. The van der Waals surface area contributed by atoms with E-state index in [0.29, 0.717) is 5.56 Å². The van der Waals surface area contributed by atoms with E-state index >= 15 is 0 Å². The Hall–Kier alpha value is -1.76. The molecule has 0 saturated heterocycles. The molecule has 1 unspecified atom stereocenters. The first kappa shape index (κ1) is 17.3. The van der Waals surface area contributed by atoms with E-state index in [1.807, 2.05) is 13.8 Å². The molecule has 0 spiro atoms. The maximum atomic E-state index is 12.0. The van der Waals surface area contributed by atoms with Crippen LogP contribution in [0.2, 0.25) is 0 Å². The van der Waals surface area contributed by atoms with Gasteiger partial charge in [-0.1, -0.05) is 26.0 Å². The van der Waals surface area contributed by atoms with Crippen molar-refractivity contribution in [2.45, 2.75) is 26.8 Å². The van der Waals surface area contributed by atoms with Gasteiger partial charge < -0.3 is 15.8 Å². The van der Waals surface area contributed by atoms with Crippen molar-refractivity contribution in [3.63, 3.8) is 0 Å². The van der Waals surface area contributed by atoms with Gasteiger partial charge in [0, 0.05) is 13.1 Å². The molecule has 1 aromatic rings. The number of alkyl halides is 3. The number of benzene rings is 1. The van der Waals surface area contributed by atoms with Crippen molar-refractivity contribution in [2.24, 2.45) is 17.6 Å². The molecule has 0 saturated carbocycles. The number of ether oxygens (including phenoxy) is 1. The molecule has 0 bridgehead atoms. The summed E-state index contributed by atoms with van der Waals surface area (Å²) >= 11 is 0. The highest BCUT2D eigenvalue weighted by atomic mass is 19.4. The Kier molecular flexibility index (Phi) is 6.02. The summed E-state index contributed by atoms with van der Waals surface area (Å²) in [4.78, 5) is 11.9. The molecule has 1 amide bonds. The average molecular weight is 304 g/mol. The van der Waals surface area contributed by atoms with Crippen molar-refractivity contribution in [3.8, 4) is 5.75 Å². The largest absolute Gasteiger partial charge is 0.573 e. The molecule has 0 heterocycles. The van der Waals surface area contributed by atoms with Crippen LogP contribution in [0.5, 0.6) is 5.75 Å². The summed E-state index contributed by atoms with van der Waals surface area (Å²) in [6.45, 7) is 4.29. The van der Waals surface area contributed by atoms with Gasteiger partial charge >= 0.3 is 6.36 Å². The Morgan fingerprint density at radius 2 is 1.86 bits per heavy atom. The minimum atomic E-state index is -4.71. The van der Waals surface area contributed by atoms with Crippen LogP contribution in [-0.2, 0) is 11.3 Å². The number of nitrogens with one attached hydrogen (secondary N) is 1. The van der Waals surface area contributed by atoms with Gasteiger partial charge in [-0.05, 0) is 23.6 Å². The Morgan fingerprint density at radius 1 is 1.29 bits per heavy atom.